The van der Waals surface area contributed by atoms with Gasteiger partial charge in [-0.3, -0.25) is 9.78 Å². The van der Waals surface area contributed by atoms with Crippen LogP contribution in [0.2, 0.25) is 0 Å². The molecule has 1 aromatic heterocycles. The van der Waals surface area contributed by atoms with Crippen LogP contribution in [-0.4, -0.2) is 17.4 Å². The van der Waals surface area contributed by atoms with Crippen LogP contribution in [0.5, 0.6) is 0 Å². The Kier molecular flexibility index (Phi) is 5.58. The number of hydrogen-bond donors (Lipinski definition) is 2. The summed E-state index contributed by atoms with van der Waals surface area (Å²) in [6.07, 6.45) is 2.50. The average Bonchev–Trinajstić information content (AvgIpc) is 2.69. The number of nitrogens with zero attached hydrogens (tertiary/aromatic N) is 2. The molecule has 0 radical (unpaired) electrons. The van der Waals surface area contributed by atoms with Crippen LogP contribution >= 0.6 is 0 Å². The van der Waals surface area contributed by atoms with Crippen molar-refractivity contribution in [2.45, 2.75) is 6.42 Å². The van der Waals surface area contributed by atoms with Crippen molar-refractivity contribution in [1.82, 2.24) is 4.98 Å². The van der Waals surface area contributed by atoms with Gasteiger partial charge in [0.1, 0.15) is 5.69 Å². The summed E-state index contributed by atoms with van der Waals surface area (Å²) < 4.78 is 0. The summed E-state index contributed by atoms with van der Waals surface area (Å²) in [5.74, 6) is -0.313. The highest BCUT2D eigenvalue weighted by molar-refractivity contribution is 6.03. The summed E-state index contributed by atoms with van der Waals surface area (Å²) in [5.41, 5.74) is 3.47. The van der Waals surface area contributed by atoms with Crippen LogP contribution in [0.3, 0.4) is 0 Å². The molecule has 0 spiro atoms. The molecule has 0 saturated carbocycles. The zero-order chi connectivity index (χ0) is 18.2. The molecule has 0 bridgehead atoms. The fourth-order valence-corrected chi connectivity index (χ4v) is 2.52. The molecule has 5 heteroatoms. The number of carbonyl (C=O) groups excluding carboxylic acids is 1. The lowest BCUT2D eigenvalue weighted by Crippen LogP contribution is -2.14. The fourth-order valence-electron chi connectivity index (χ4n) is 2.52. The van der Waals surface area contributed by atoms with E-state index in [1.807, 2.05) is 30.3 Å². The number of anilines is 2. The minimum atomic E-state index is -0.313. The molecule has 26 heavy (non-hydrogen) atoms. The summed E-state index contributed by atoms with van der Waals surface area (Å²) in [5, 5.41) is 15.0. The molecule has 0 aliphatic rings. The topological polar surface area (TPSA) is 77.8 Å². The Morgan fingerprint density at radius 3 is 2.65 bits per heavy atom. The molecule has 2 aromatic carbocycles. The summed E-state index contributed by atoms with van der Waals surface area (Å²) in [7, 11) is 0. The van der Waals surface area contributed by atoms with Crippen molar-refractivity contribution < 1.29 is 4.79 Å². The van der Waals surface area contributed by atoms with E-state index in [0.29, 0.717) is 16.9 Å². The molecule has 1 heterocycles. The van der Waals surface area contributed by atoms with Gasteiger partial charge in [-0.1, -0.05) is 36.4 Å². The average molecular weight is 342 g/mol. The smallest absolute Gasteiger partial charge is 0.274 e. The highest BCUT2D eigenvalue weighted by Crippen LogP contribution is 2.13. The predicted octanol–water partition coefficient (Wildman–Crippen LogP) is 3.86. The molecule has 0 saturated heterocycles. The van der Waals surface area contributed by atoms with E-state index in [1.165, 1.54) is 5.56 Å². The number of hydrogen-bond acceptors (Lipinski definition) is 4. The van der Waals surface area contributed by atoms with Crippen LogP contribution in [0.4, 0.5) is 11.4 Å². The third-order valence-corrected chi connectivity index (χ3v) is 3.83. The van der Waals surface area contributed by atoms with Gasteiger partial charge >= 0.3 is 0 Å². The first-order valence-corrected chi connectivity index (χ1v) is 8.30. The third-order valence-electron chi connectivity index (χ3n) is 3.83. The van der Waals surface area contributed by atoms with Crippen molar-refractivity contribution in [2.24, 2.45) is 0 Å². The lowest BCUT2D eigenvalue weighted by molar-refractivity contribution is 0.102. The molecular formula is C21H18N4O. The van der Waals surface area contributed by atoms with Crippen LogP contribution in [0.15, 0.2) is 72.9 Å². The number of amides is 1. The van der Waals surface area contributed by atoms with E-state index >= 15 is 0 Å². The minimum Gasteiger partial charge on any atom is -0.385 e. The van der Waals surface area contributed by atoms with Crippen LogP contribution in [0.25, 0.3) is 0 Å². The van der Waals surface area contributed by atoms with Gasteiger partial charge in [-0.15, -0.1) is 0 Å². The monoisotopic (exact) mass is 342 g/mol. The van der Waals surface area contributed by atoms with E-state index in [1.54, 1.807) is 36.5 Å². The Morgan fingerprint density at radius 1 is 1.00 bits per heavy atom. The Labute approximate surface area is 152 Å². The first-order valence-electron chi connectivity index (χ1n) is 8.30. The Bertz CT molecular complexity index is 932. The highest BCUT2D eigenvalue weighted by atomic mass is 16.1. The lowest BCUT2D eigenvalue weighted by Gasteiger charge is -2.09. The van der Waals surface area contributed by atoms with Crippen LogP contribution < -0.4 is 10.6 Å². The predicted molar refractivity (Wildman–Crippen MR) is 102 cm³/mol. The Hall–Kier alpha value is -3.65. The van der Waals surface area contributed by atoms with Crippen LogP contribution in [0.1, 0.15) is 21.6 Å². The van der Waals surface area contributed by atoms with Crippen molar-refractivity contribution in [1.29, 1.82) is 5.26 Å². The molecule has 3 rings (SSSR count). The Morgan fingerprint density at radius 2 is 1.85 bits per heavy atom. The van der Waals surface area contributed by atoms with Gasteiger partial charge in [0, 0.05) is 24.1 Å². The highest BCUT2D eigenvalue weighted by Gasteiger charge is 2.09. The summed E-state index contributed by atoms with van der Waals surface area (Å²) in [6.45, 7) is 0.763. The maximum atomic E-state index is 12.4. The lowest BCUT2D eigenvalue weighted by atomic mass is 10.1. The van der Waals surface area contributed by atoms with E-state index in [-0.39, 0.29) is 5.91 Å². The quantitative estimate of drug-likeness (QED) is 0.713. The van der Waals surface area contributed by atoms with Crippen molar-refractivity contribution in [3.05, 3.63) is 89.7 Å². The summed E-state index contributed by atoms with van der Waals surface area (Å²) >= 11 is 0. The number of rotatable bonds is 6. The van der Waals surface area contributed by atoms with E-state index in [9.17, 15) is 4.79 Å². The molecule has 2 N–H and O–H groups in total. The van der Waals surface area contributed by atoms with E-state index in [2.05, 4.69) is 27.8 Å². The SMILES string of the molecule is N#Cc1cccc(NC(=O)c2cc(NCCc3ccccc3)ccn2)c1. The van der Waals surface area contributed by atoms with E-state index in [4.69, 9.17) is 5.26 Å². The zero-order valence-electron chi connectivity index (χ0n) is 14.1. The number of carbonyl (C=O) groups is 1. The van der Waals surface area contributed by atoms with Gasteiger partial charge in [-0.05, 0) is 42.3 Å². The molecule has 0 fully saturated rings. The Balaban J connectivity index is 1.61. The second-order valence-corrected chi connectivity index (χ2v) is 5.74. The first kappa shape index (κ1) is 17.2. The van der Waals surface area contributed by atoms with Crippen molar-refractivity contribution in [3.63, 3.8) is 0 Å². The van der Waals surface area contributed by atoms with E-state index < -0.39 is 0 Å². The van der Waals surface area contributed by atoms with Gasteiger partial charge in [0.15, 0.2) is 0 Å². The second-order valence-electron chi connectivity index (χ2n) is 5.74. The number of nitrogens with one attached hydrogen (secondary N) is 2. The number of benzene rings is 2. The molecule has 5 nitrogen and oxygen atoms in total. The molecule has 0 unspecified atom stereocenters. The van der Waals surface area contributed by atoms with Crippen molar-refractivity contribution in [2.75, 3.05) is 17.2 Å². The first-order chi connectivity index (χ1) is 12.7. The number of nitriles is 1. The maximum Gasteiger partial charge on any atom is 0.274 e. The van der Waals surface area contributed by atoms with Gasteiger partial charge in [0.2, 0.25) is 0 Å². The molecule has 128 valence electrons. The molecule has 1 amide bonds. The van der Waals surface area contributed by atoms with E-state index in [0.717, 1.165) is 18.7 Å². The summed E-state index contributed by atoms with van der Waals surface area (Å²) in [6, 6.07) is 22.6. The molecule has 0 aliphatic carbocycles. The molecule has 3 aromatic rings. The molecule has 0 aliphatic heterocycles. The van der Waals surface area contributed by atoms with Crippen LogP contribution in [0, 0.1) is 11.3 Å². The minimum absolute atomic E-state index is 0.313. The largest absolute Gasteiger partial charge is 0.385 e. The third kappa shape index (κ3) is 4.68. The standard InChI is InChI=1S/C21H18N4O/c22-15-17-7-4-8-19(13-17)25-21(26)20-14-18(10-12-24-20)23-11-9-16-5-2-1-3-6-16/h1-8,10,12-14H,9,11H2,(H,23,24)(H,25,26). The van der Waals surface area contributed by atoms with Crippen molar-refractivity contribution >= 4 is 17.3 Å². The summed E-state index contributed by atoms with van der Waals surface area (Å²) in [4.78, 5) is 16.5. The molecular weight excluding hydrogens is 324 g/mol. The number of pyridine rings is 1. The fraction of sp³-hybridized carbons (Fsp3) is 0.0952. The van der Waals surface area contributed by atoms with Gasteiger partial charge in [-0.25, -0.2) is 0 Å². The van der Waals surface area contributed by atoms with Gasteiger partial charge in [0.05, 0.1) is 11.6 Å². The normalized spacial score (nSPS) is 9.96. The van der Waals surface area contributed by atoms with Crippen molar-refractivity contribution in [3.8, 4) is 6.07 Å². The maximum absolute atomic E-state index is 12.4. The van der Waals surface area contributed by atoms with Gasteiger partial charge in [0.25, 0.3) is 5.91 Å². The zero-order valence-corrected chi connectivity index (χ0v) is 14.1. The second kappa shape index (κ2) is 8.45. The van der Waals surface area contributed by atoms with Gasteiger partial charge in [-0.2, -0.15) is 5.26 Å². The van der Waals surface area contributed by atoms with Crippen LogP contribution in [-0.2, 0) is 6.42 Å². The van der Waals surface area contributed by atoms with Gasteiger partial charge < -0.3 is 10.6 Å². The molecule has 0 atom stereocenters. The number of aromatic nitrogens is 1.